The van der Waals surface area contributed by atoms with E-state index in [2.05, 4.69) is 10.3 Å². The van der Waals surface area contributed by atoms with Crippen LogP contribution in [0.5, 0.6) is 0 Å². The molecule has 2 atom stereocenters. The Hall–Kier alpha value is -3.72. The fourth-order valence-corrected chi connectivity index (χ4v) is 5.20. The number of rotatable bonds is 4. The molecule has 4 nitrogen and oxygen atoms in total. The fraction of sp³-hybridized carbons (Fsp3) is 0.185. The normalized spacial score (nSPS) is 17.9. The van der Waals surface area contributed by atoms with E-state index in [1.54, 1.807) is 24.4 Å². The number of aromatic nitrogens is 2. The van der Waals surface area contributed by atoms with E-state index in [1.165, 1.54) is 18.2 Å². The Balaban J connectivity index is 1.67. The predicted octanol–water partition coefficient (Wildman–Crippen LogP) is 6.82. The minimum Gasteiger partial charge on any atom is -0.351 e. The molecule has 0 saturated carbocycles. The van der Waals surface area contributed by atoms with Gasteiger partial charge in [-0.25, -0.2) is 4.39 Å². The van der Waals surface area contributed by atoms with E-state index in [9.17, 15) is 17.6 Å². The number of thiocarbonyl (C=S) groups is 1. The molecule has 2 aromatic carbocycles. The van der Waals surface area contributed by atoms with Gasteiger partial charge in [-0.1, -0.05) is 12.1 Å². The molecule has 3 heterocycles. The Morgan fingerprint density at radius 2 is 1.67 bits per heavy atom. The van der Waals surface area contributed by atoms with Crippen LogP contribution in [0, 0.1) is 19.7 Å². The number of pyridine rings is 1. The molecule has 1 N–H and O–H groups in total. The number of halogens is 4. The number of nitrogens with one attached hydrogen (secondary N) is 1. The molecule has 5 rings (SSSR count). The highest BCUT2D eigenvalue weighted by molar-refractivity contribution is 7.80. The lowest BCUT2D eigenvalue weighted by atomic mass is 9.96. The second-order valence-corrected chi connectivity index (χ2v) is 9.07. The molecular formula is C27H22F4N4S. The van der Waals surface area contributed by atoms with Crippen molar-refractivity contribution < 1.29 is 17.6 Å². The van der Waals surface area contributed by atoms with Gasteiger partial charge in [0.15, 0.2) is 5.11 Å². The van der Waals surface area contributed by atoms with E-state index in [1.807, 2.05) is 47.6 Å². The minimum absolute atomic E-state index is 0.334. The van der Waals surface area contributed by atoms with Crippen molar-refractivity contribution in [2.75, 3.05) is 4.90 Å². The molecule has 0 bridgehead atoms. The quantitative estimate of drug-likeness (QED) is 0.241. The standard InChI is InChI=1S/C27H22F4N4S/c1-16-14-22(17(2)34(16)21-7-5-6-18(15-21)27(29,30)31)25-24(23-8-3-4-13-32-23)33-26(36)35(25)20-11-9-19(28)10-12-20/h3-15,24-25H,1-2H3,(H,33,36)/t24-,25-/m0/s1. The van der Waals surface area contributed by atoms with Crippen LogP contribution in [-0.2, 0) is 6.18 Å². The molecule has 0 spiro atoms. The van der Waals surface area contributed by atoms with E-state index < -0.39 is 11.7 Å². The number of hydrogen-bond donors (Lipinski definition) is 1. The van der Waals surface area contributed by atoms with E-state index in [4.69, 9.17) is 12.2 Å². The molecule has 4 aromatic rings. The number of nitrogens with zero attached hydrogens (tertiary/aromatic N) is 3. The second kappa shape index (κ2) is 9.05. The first-order chi connectivity index (χ1) is 17.1. The Morgan fingerprint density at radius 1 is 0.917 bits per heavy atom. The third-order valence-electron chi connectivity index (χ3n) is 6.42. The average molecular weight is 511 g/mol. The topological polar surface area (TPSA) is 33.1 Å². The molecule has 0 radical (unpaired) electrons. The van der Waals surface area contributed by atoms with Crippen LogP contribution in [0.25, 0.3) is 5.69 Å². The summed E-state index contributed by atoms with van der Waals surface area (Å²) < 4.78 is 55.7. The summed E-state index contributed by atoms with van der Waals surface area (Å²) in [6.07, 6.45) is -2.75. The van der Waals surface area contributed by atoms with Gasteiger partial charge in [-0.3, -0.25) is 4.98 Å². The molecule has 9 heteroatoms. The molecule has 184 valence electrons. The predicted molar refractivity (Wildman–Crippen MR) is 135 cm³/mol. The van der Waals surface area contributed by atoms with E-state index in [0.717, 1.165) is 34.8 Å². The molecule has 1 aliphatic rings. The fourth-order valence-electron chi connectivity index (χ4n) is 4.86. The van der Waals surface area contributed by atoms with Crippen molar-refractivity contribution in [3.05, 3.63) is 113 Å². The summed E-state index contributed by atoms with van der Waals surface area (Å²) in [5.74, 6) is -0.364. The summed E-state index contributed by atoms with van der Waals surface area (Å²) >= 11 is 5.71. The lowest BCUT2D eigenvalue weighted by molar-refractivity contribution is -0.137. The monoisotopic (exact) mass is 510 g/mol. The molecule has 0 unspecified atom stereocenters. The maximum Gasteiger partial charge on any atom is 0.416 e. The number of hydrogen-bond acceptors (Lipinski definition) is 2. The summed E-state index contributed by atoms with van der Waals surface area (Å²) in [6.45, 7) is 3.73. The van der Waals surface area contributed by atoms with Crippen molar-refractivity contribution in [3.63, 3.8) is 0 Å². The van der Waals surface area contributed by atoms with E-state index in [0.29, 0.717) is 16.5 Å². The number of alkyl halides is 3. The van der Waals surface area contributed by atoms with Gasteiger partial charge in [-0.15, -0.1) is 0 Å². The van der Waals surface area contributed by atoms with Gasteiger partial charge in [0, 0.05) is 29.0 Å². The van der Waals surface area contributed by atoms with Crippen molar-refractivity contribution >= 4 is 23.0 Å². The van der Waals surface area contributed by atoms with Crippen LogP contribution in [0.15, 0.2) is 79.0 Å². The van der Waals surface area contributed by atoms with Crippen LogP contribution in [0.3, 0.4) is 0 Å². The summed E-state index contributed by atoms with van der Waals surface area (Å²) in [5.41, 5.74) is 3.59. The Morgan fingerprint density at radius 3 is 2.33 bits per heavy atom. The summed E-state index contributed by atoms with van der Waals surface area (Å²) in [4.78, 5) is 6.44. The van der Waals surface area contributed by atoms with Crippen LogP contribution < -0.4 is 10.2 Å². The molecule has 1 fully saturated rings. The average Bonchev–Trinajstić information content (AvgIpc) is 3.35. The Labute approximate surface area is 211 Å². The van der Waals surface area contributed by atoms with Gasteiger partial charge >= 0.3 is 6.18 Å². The second-order valence-electron chi connectivity index (χ2n) is 8.68. The highest BCUT2D eigenvalue weighted by Crippen LogP contribution is 2.44. The maximum atomic E-state index is 13.7. The third kappa shape index (κ3) is 4.24. The molecule has 2 aromatic heterocycles. The highest BCUT2D eigenvalue weighted by atomic mass is 32.1. The maximum absolute atomic E-state index is 13.7. The zero-order valence-corrected chi connectivity index (χ0v) is 20.2. The van der Waals surface area contributed by atoms with Crippen molar-refractivity contribution in [3.8, 4) is 5.69 Å². The first-order valence-corrected chi connectivity index (χ1v) is 11.7. The zero-order chi connectivity index (χ0) is 25.6. The van der Waals surface area contributed by atoms with Crippen molar-refractivity contribution in [1.29, 1.82) is 0 Å². The Kier molecular flexibility index (Phi) is 6.04. The zero-order valence-electron chi connectivity index (χ0n) is 19.4. The molecule has 1 saturated heterocycles. The number of benzene rings is 2. The molecule has 36 heavy (non-hydrogen) atoms. The van der Waals surface area contributed by atoms with Crippen LogP contribution in [0.1, 0.15) is 40.3 Å². The van der Waals surface area contributed by atoms with Crippen LogP contribution >= 0.6 is 12.2 Å². The van der Waals surface area contributed by atoms with Crippen molar-refractivity contribution in [2.24, 2.45) is 0 Å². The first-order valence-electron chi connectivity index (χ1n) is 11.3. The molecular weight excluding hydrogens is 488 g/mol. The molecule has 1 aliphatic heterocycles. The van der Waals surface area contributed by atoms with Crippen molar-refractivity contribution in [1.82, 2.24) is 14.9 Å². The van der Waals surface area contributed by atoms with Gasteiger partial charge in [0.25, 0.3) is 0 Å². The lowest BCUT2D eigenvalue weighted by Gasteiger charge is -2.28. The molecule has 0 amide bonds. The van der Waals surface area contributed by atoms with Gasteiger partial charge < -0.3 is 14.8 Å². The summed E-state index contributed by atoms with van der Waals surface area (Å²) in [7, 11) is 0. The Bertz CT molecular complexity index is 1410. The lowest BCUT2D eigenvalue weighted by Crippen LogP contribution is -2.29. The highest BCUT2D eigenvalue weighted by Gasteiger charge is 2.42. The minimum atomic E-state index is -4.45. The SMILES string of the molecule is Cc1cc([C@H]2[C@H](c3ccccn3)NC(=S)N2c2ccc(F)cc2)c(C)n1-c1cccc(C(F)(F)F)c1. The van der Waals surface area contributed by atoms with Gasteiger partial charge in [0.05, 0.1) is 23.3 Å². The van der Waals surface area contributed by atoms with Gasteiger partial charge in [-0.2, -0.15) is 13.2 Å². The first kappa shape index (κ1) is 24.0. The largest absolute Gasteiger partial charge is 0.416 e. The van der Waals surface area contributed by atoms with Crippen LogP contribution in [0.2, 0.25) is 0 Å². The third-order valence-corrected chi connectivity index (χ3v) is 6.74. The van der Waals surface area contributed by atoms with Crippen LogP contribution in [-0.4, -0.2) is 14.7 Å². The van der Waals surface area contributed by atoms with Gasteiger partial charge in [-0.05, 0) is 92.3 Å². The summed E-state index contributed by atoms with van der Waals surface area (Å²) in [5, 5.41) is 3.80. The van der Waals surface area contributed by atoms with Crippen molar-refractivity contribution in [2.45, 2.75) is 32.1 Å². The van der Waals surface area contributed by atoms with Gasteiger partial charge in [0.1, 0.15) is 5.82 Å². The van der Waals surface area contributed by atoms with E-state index in [-0.39, 0.29) is 17.9 Å². The number of anilines is 1. The summed E-state index contributed by atoms with van der Waals surface area (Å²) in [6, 6.07) is 18.2. The smallest absolute Gasteiger partial charge is 0.351 e. The van der Waals surface area contributed by atoms with Crippen LogP contribution in [0.4, 0.5) is 23.2 Å². The van der Waals surface area contributed by atoms with Gasteiger partial charge in [0.2, 0.25) is 0 Å². The molecule has 0 aliphatic carbocycles. The van der Waals surface area contributed by atoms with E-state index >= 15 is 0 Å². The number of aryl methyl sites for hydroxylation is 1.